The molecule has 1 saturated heterocycles. The normalized spacial score (nSPS) is 17.1. The second-order valence-electron chi connectivity index (χ2n) is 6.39. The van der Waals surface area contributed by atoms with E-state index < -0.39 is 0 Å². The van der Waals surface area contributed by atoms with Crippen LogP contribution < -0.4 is 5.56 Å². The van der Waals surface area contributed by atoms with Gasteiger partial charge in [0.2, 0.25) is 0 Å². The van der Waals surface area contributed by atoms with Gasteiger partial charge < -0.3 is 14.5 Å². The first-order chi connectivity index (χ1) is 11.6. The molecule has 1 aliphatic rings. The third kappa shape index (κ3) is 2.08. The van der Waals surface area contributed by atoms with E-state index in [4.69, 9.17) is 0 Å². The van der Waals surface area contributed by atoms with E-state index in [1.54, 1.807) is 12.4 Å². The maximum Gasteiger partial charge on any atom is 0.258 e. The Morgan fingerprint density at radius 1 is 1.25 bits per heavy atom. The monoisotopic (exact) mass is 321 g/mol. The summed E-state index contributed by atoms with van der Waals surface area (Å²) < 4.78 is 1.87. The number of H-pyrrole nitrogens is 1. The number of carbonyl (C=O) groups excluding carboxylic acids is 1. The van der Waals surface area contributed by atoms with E-state index >= 15 is 0 Å². The van der Waals surface area contributed by atoms with E-state index in [0.717, 1.165) is 29.6 Å². The standard InChI is InChI=1S/C19H19N3O2/c1-12-10-20-18(23)16-14(11-21(2)17(12)16)19(24)22-9-8-15(22)13-6-4-3-5-7-13/h3-7,10-11,15H,8-9H2,1-2H3,(H,20,23). The van der Waals surface area contributed by atoms with Crippen molar-refractivity contribution in [3.05, 3.63) is 69.8 Å². The number of likely N-dealkylation sites (tertiary alicyclic amines) is 1. The van der Waals surface area contributed by atoms with E-state index in [1.165, 1.54) is 0 Å². The van der Waals surface area contributed by atoms with Crippen molar-refractivity contribution in [1.82, 2.24) is 14.5 Å². The zero-order chi connectivity index (χ0) is 16.8. The van der Waals surface area contributed by atoms with Crippen molar-refractivity contribution in [3.63, 3.8) is 0 Å². The largest absolute Gasteiger partial charge is 0.349 e. The van der Waals surface area contributed by atoms with Gasteiger partial charge in [0.25, 0.3) is 11.5 Å². The van der Waals surface area contributed by atoms with Crippen molar-refractivity contribution in [1.29, 1.82) is 0 Å². The van der Waals surface area contributed by atoms with E-state index in [-0.39, 0.29) is 17.5 Å². The van der Waals surface area contributed by atoms with Crippen molar-refractivity contribution in [2.45, 2.75) is 19.4 Å². The number of aromatic nitrogens is 2. The highest BCUT2D eigenvalue weighted by atomic mass is 16.2. The highest BCUT2D eigenvalue weighted by molar-refractivity contribution is 6.07. The number of carbonyl (C=O) groups is 1. The van der Waals surface area contributed by atoms with Crippen LogP contribution in [0.4, 0.5) is 0 Å². The summed E-state index contributed by atoms with van der Waals surface area (Å²) in [6, 6.07) is 10.1. The average molecular weight is 321 g/mol. The third-order valence-electron chi connectivity index (χ3n) is 4.90. The zero-order valence-corrected chi connectivity index (χ0v) is 13.7. The number of fused-ring (bicyclic) bond motifs is 1. The second-order valence-corrected chi connectivity index (χ2v) is 6.39. The molecule has 122 valence electrons. The van der Waals surface area contributed by atoms with Gasteiger partial charge in [-0.3, -0.25) is 9.59 Å². The van der Waals surface area contributed by atoms with Crippen molar-refractivity contribution in [2.75, 3.05) is 6.54 Å². The molecule has 0 bridgehead atoms. The Balaban J connectivity index is 1.77. The van der Waals surface area contributed by atoms with Crippen molar-refractivity contribution in [3.8, 4) is 0 Å². The van der Waals surface area contributed by atoms with Crippen LogP contribution in [-0.2, 0) is 7.05 Å². The van der Waals surface area contributed by atoms with Crippen molar-refractivity contribution >= 4 is 16.8 Å². The molecule has 0 aliphatic carbocycles. The summed E-state index contributed by atoms with van der Waals surface area (Å²) in [5, 5.41) is 0.487. The van der Waals surface area contributed by atoms with Crippen LogP contribution in [0, 0.1) is 6.92 Å². The maximum atomic E-state index is 13.1. The molecule has 1 fully saturated rings. The molecule has 1 aliphatic heterocycles. The summed E-state index contributed by atoms with van der Waals surface area (Å²) in [6.07, 6.45) is 4.42. The van der Waals surface area contributed by atoms with Gasteiger partial charge in [0.05, 0.1) is 22.5 Å². The van der Waals surface area contributed by atoms with Crippen LogP contribution in [-0.4, -0.2) is 26.9 Å². The summed E-state index contributed by atoms with van der Waals surface area (Å²) in [5.74, 6) is -0.0724. The van der Waals surface area contributed by atoms with Crippen LogP contribution in [0.5, 0.6) is 0 Å². The molecule has 0 radical (unpaired) electrons. The second kappa shape index (κ2) is 5.37. The Bertz CT molecular complexity index is 985. The summed E-state index contributed by atoms with van der Waals surface area (Å²) in [6.45, 7) is 2.65. The number of benzene rings is 1. The van der Waals surface area contributed by atoms with E-state index in [9.17, 15) is 9.59 Å². The number of pyridine rings is 1. The first-order valence-corrected chi connectivity index (χ1v) is 8.11. The molecule has 1 amide bonds. The van der Waals surface area contributed by atoms with Crippen LogP contribution in [0.1, 0.15) is 33.9 Å². The average Bonchev–Trinajstić information content (AvgIpc) is 2.90. The third-order valence-corrected chi connectivity index (χ3v) is 4.90. The molecular formula is C19H19N3O2. The van der Waals surface area contributed by atoms with Crippen LogP contribution in [0.3, 0.4) is 0 Å². The Kier molecular flexibility index (Phi) is 3.30. The fourth-order valence-corrected chi connectivity index (χ4v) is 3.62. The minimum Gasteiger partial charge on any atom is -0.349 e. The Labute approximate surface area is 139 Å². The minimum absolute atomic E-state index is 0.0724. The lowest BCUT2D eigenvalue weighted by Gasteiger charge is -2.41. The number of amides is 1. The quantitative estimate of drug-likeness (QED) is 0.789. The van der Waals surface area contributed by atoms with Gasteiger partial charge in [-0.05, 0) is 24.5 Å². The van der Waals surface area contributed by atoms with Crippen LogP contribution in [0.25, 0.3) is 10.9 Å². The van der Waals surface area contributed by atoms with Gasteiger partial charge in [0.1, 0.15) is 0 Å². The number of aromatic amines is 1. The molecule has 3 aromatic rings. The molecule has 24 heavy (non-hydrogen) atoms. The van der Waals surface area contributed by atoms with Crippen molar-refractivity contribution < 1.29 is 4.79 Å². The topological polar surface area (TPSA) is 58.1 Å². The molecule has 1 atom stereocenters. The molecular weight excluding hydrogens is 302 g/mol. The molecule has 0 spiro atoms. The Morgan fingerprint density at radius 3 is 2.67 bits per heavy atom. The van der Waals surface area contributed by atoms with Gasteiger partial charge in [-0.25, -0.2) is 0 Å². The number of hydrogen-bond donors (Lipinski definition) is 1. The lowest BCUT2D eigenvalue weighted by molar-refractivity contribution is 0.0462. The number of rotatable bonds is 2. The number of nitrogens with zero attached hydrogens (tertiary/aromatic N) is 2. The summed E-state index contributed by atoms with van der Waals surface area (Å²) in [4.78, 5) is 30.0. The lowest BCUT2D eigenvalue weighted by Crippen LogP contribution is -2.45. The minimum atomic E-state index is -0.212. The Hall–Kier alpha value is -2.82. The van der Waals surface area contributed by atoms with Gasteiger partial charge >= 0.3 is 0 Å². The molecule has 0 saturated carbocycles. The smallest absolute Gasteiger partial charge is 0.258 e. The van der Waals surface area contributed by atoms with Crippen molar-refractivity contribution in [2.24, 2.45) is 7.05 Å². The number of aryl methyl sites for hydroxylation is 2. The van der Waals surface area contributed by atoms with Gasteiger partial charge in [0, 0.05) is 26.0 Å². The fourth-order valence-electron chi connectivity index (χ4n) is 3.62. The molecule has 5 heteroatoms. The van der Waals surface area contributed by atoms with Gasteiger partial charge in [0.15, 0.2) is 0 Å². The van der Waals surface area contributed by atoms with Gasteiger partial charge in [-0.1, -0.05) is 30.3 Å². The molecule has 3 heterocycles. The molecule has 2 aromatic heterocycles. The summed E-state index contributed by atoms with van der Waals surface area (Å²) in [5.41, 5.74) is 3.19. The number of hydrogen-bond acceptors (Lipinski definition) is 2. The summed E-state index contributed by atoms with van der Waals surface area (Å²) in [7, 11) is 1.87. The van der Waals surface area contributed by atoms with E-state index in [0.29, 0.717) is 10.9 Å². The van der Waals surface area contributed by atoms with Gasteiger partial charge in [-0.15, -0.1) is 0 Å². The zero-order valence-electron chi connectivity index (χ0n) is 13.7. The predicted molar refractivity (Wildman–Crippen MR) is 93.1 cm³/mol. The molecule has 1 aromatic carbocycles. The highest BCUT2D eigenvalue weighted by Gasteiger charge is 2.35. The van der Waals surface area contributed by atoms with Crippen LogP contribution in [0.2, 0.25) is 0 Å². The first kappa shape index (κ1) is 14.8. The molecule has 1 N–H and O–H groups in total. The Morgan fingerprint density at radius 2 is 2.00 bits per heavy atom. The lowest BCUT2D eigenvalue weighted by atomic mass is 9.93. The first-order valence-electron chi connectivity index (χ1n) is 8.11. The molecule has 4 rings (SSSR count). The molecule has 1 unspecified atom stereocenters. The number of nitrogens with one attached hydrogen (secondary N) is 1. The summed E-state index contributed by atoms with van der Waals surface area (Å²) >= 11 is 0. The van der Waals surface area contributed by atoms with E-state index in [2.05, 4.69) is 4.98 Å². The fraction of sp³-hybridized carbons (Fsp3) is 0.263. The van der Waals surface area contributed by atoms with Crippen LogP contribution >= 0.6 is 0 Å². The molecule has 5 nitrogen and oxygen atoms in total. The van der Waals surface area contributed by atoms with Gasteiger partial charge in [-0.2, -0.15) is 0 Å². The SMILES string of the molecule is Cc1c[nH]c(=O)c2c(C(=O)N3CCC3c3ccccc3)cn(C)c12. The highest BCUT2D eigenvalue weighted by Crippen LogP contribution is 2.35. The van der Waals surface area contributed by atoms with Crippen LogP contribution in [0.15, 0.2) is 47.5 Å². The maximum absolute atomic E-state index is 13.1. The van der Waals surface area contributed by atoms with E-state index in [1.807, 2.05) is 53.8 Å². The predicted octanol–water partition coefficient (Wildman–Crippen LogP) is 2.76.